The van der Waals surface area contributed by atoms with Gasteiger partial charge in [0, 0.05) is 22.9 Å². The van der Waals surface area contributed by atoms with E-state index < -0.39 is 6.10 Å². The molecule has 0 heterocycles. The summed E-state index contributed by atoms with van der Waals surface area (Å²) in [5.41, 5.74) is 1.68. The minimum Gasteiger partial charge on any atom is -0.497 e. The maximum atomic E-state index is 12.7. The van der Waals surface area contributed by atoms with Gasteiger partial charge in [-0.2, -0.15) is 0 Å². The molecule has 0 spiro atoms. The first kappa shape index (κ1) is 20.1. The first-order valence-electron chi connectivity index (χ1n) is 9.42. The zero-order valence-electron chi connectivity index (χ0n) is 16.4. The van der Waals surface area contributed by atoms with E-state index in [1.165, 1.54) is 0 Å². The number of ketones is 1. The predicted octanol–water partition coefficient (Wildman–Crippen LogP) is 4.99. The van der Waals surface area contributed by atoms with Crippen LogP contribution in [0.25, 0.3) is 0 Å². The molecule has 5 heteroatoms. The molecule has 0 bridgehead atoms. The van der Waals surface area contributed by atoms with Crippen molar-refractivity contribution in [2.75, 3.05) is 12.4 Å². The summed E-state index contributed by atoms with van der Waals surface area (Å²) in [6.07, 6.45) is -0.0598. The molecule has 1 atom stereocenters. The van der Waals surface area contributed by atoms with Gasteiger partial charge in [0.2, 0.25) is 5.78 Å². The molecule has 0 aliphatic heterocycles. The minimum atomic E-state index is -0.596. The maximum Gasteiger partial charge on any atom is 0.255 e. The number of carbonyl (C=O) groups is 2. The first-order chi connectivity index (χ1) is 14.1. The van der Waals surface area contributed by atoms with Crippen molar-refractivity contribution in [3.8, 4) is 11.5 Å². The Kier molecular flexibility index (Phi) is 6.63. The highest BCUT2D eigenvalue weighted by Gasteiger charge is 2.20. The average molecular weight is 389 g/mol. The number of ether oxygens (including phenoxy) is 2. The van der Waals surface area contributed by atoms with E-state index in [1.54, 1.807) is 67.8 Å². The lowest BCUT2D eigenvalue weighted by atomic mass is 10.0. The van der Waals surface area contributed by atoms with Crippen molar-refractivity contribution in [1.82, 2.24) is 0 Å². The second-order valence-corrected chi connectivity index (χ2v) is 6.46. The van der Waals surface area contributed by atoms with Crippen LogP contribution in [0.2, 0.25) is 0 Å². The monoisotopic (exact) mass is 389 g/mol. The van der Waals surface area contributed by atoms with E-state index >= 15 is 0 Å². The number of anilines is 1. The van der Waals surface area contributed by atoms with E-state index in [9.17, 15) is 9.59 Å². The maximum absolute atomic E-state index is 12.7. The molecule has 148 valence electrons. The third-order valence-corrected chi connectivity index (χ3v) is 4.42. The lowest BCUT2D eigenvalue weighted by Crippen LogP contribution is -2.26. The molecule has 3 rings (SSSR count). The van der Waals surface area contributed by atoms with Gasteiger partial charge in [-0.25, -0.2) is 0 Å². The van der Waals surface area contributed by atoms with Crippen LogP contribution in [0.15, 0.2) is 78.9 Å². The van der Waals surface area contributed by atoms with Crippen LogP contribution in [-0.2, 0) is 0 Å². The fourth-order valence-corrected chi connectivity index (χ4v) is 2.89. The summed E-state index contributed by atoms with van der Waals surface area (Å²) in [6.45, 7) is 1.90. The van der Waals surface area contributed by atoms with Crippen LogP contribution < -0.4 is 14.8 Å². The minimum absolute atomic E-state index is 0.0704. The second kappa shape index (κ2) is 9.55. The quantitative estimate of drug-likeness (QED) is 0.552. The summed E-state index contributed by atoms with van der Waals surface area (Å²) >= 11 is 0. The lowest BCUT2D eigenvalue weighted by molar-refractivity contribution is 0.0786. The number of hydrogen-bond acceptors (Lipinski definition) is 4. The molecule has 3 aromatic rings. The van der Waals surface area contributed by atoms with Crippen LogP contribution in [0.5, 0.6) is 11.5 Å². The van der Waals surface area contributed by atoms with E-state index in [0.29, 0.717) is 34.7 Å². The highest BCUT2D eigenvalue weighted by atomic mass is 16.5. The number of hydrogen-bond donors (Lipinski definition) is 1. The number of rotatable bonds is 8. The Hall–Kier alpha value is -3.60. The summed E-state index contributed by atoms with van der Waals surface area (Å²) in [5, 5.41) is 2.84. The summed E-state index contributed by atoms with van der Waals surface area (Å²) < 4.78 is 11.1. The van der Waals surface area contributed by atoms with Crippen molar-refractivity contribution in [1.29, 1.82) is 0 Å². The summed E-state index contributed by atoms with van der Waals surface area (Å²) in [5.74, 6) is 0.803. The Labute approximate surface area is 170 Å². The smallest absolute Gasteiger partial charge is 0.255 e. The zero-order chi connectivity index (χ0) is 20.6. The van der Waals surface area contributed by atoms with Crippen molar-refractivity contribution >= 4 is 17.4 Å². The second-order valence-electron chi connectivity index (χ2n) is 6.46. The van der Waals surface area contributed by atoms with E-state index in [1.807, 2.05) is 25.1 Å². The molecule has 0 aliphatic carbocycles. The van der Waals surface area contributed by atoms with E-state index in [2.05, 4.69) is 5.32 Å². The number of carbonyl (C=O) groups excluding carboxylic acids is 2. The van der Waals surface area contributed by atoms with Gasteiger partial charge in [0.05, 0.1) is 7.11 Å². The molecule has 0 unspecified atom stereocenters. The normalized spacial score (nSPS) is 11.4. The summed E-state index contributed by atoms with van der Waals surface area (Å²) in [7, 11) is 1.55. The molecule has 5 nitrogen and oxygen atoms in total. The molecule has 0 saturated heterocycles. The highest BCUT2D eigenvalue weighted by molar-refractivity contribution is 6.04. The van der Waals surface area contributed by atoms with Crippen molar-refractivity contribution in [2.24, 2.45) is 0 Å². The van der Waals surface area contributed by atoms with Crippen LogP contribution in [-0.4, -0.2) is 24.9 Å². The Morgan fingerprint density at radius 1 is 0.862 bits per heavy atom. The van der Waals surface area contributed by atoms with Crippen LogP contribution >= 0.6 is 0 Å². The average Bonchev–Trinajstić information content (AvgIpc) is 2.78. The molecule has 1 amide bonds. The zero-order valence-corrected chi connectivity index (χ0v) is 16.4. The fraction of sp³-hybridized carbons (Fsp3) is 0.167. The molecule has 0 radical (unpaired) electrons. The first-order valence-corrected chi connectivity index (χ1v) is 9.42. The Balaban J connectivity index is 1.71. The predicted molar refractivity (Wildman–Crippen MR) is 113 cm³/mol. The Bertz CT molecular complexity index is 985. The van der Waals surface area contributed by atoms with Crippen LogP contribution in [0.3, 0.4) is 0 Å². The largest absolute Gasteiger partial charge is 0.497 e. The Morgan fingerprint density at radius 2 is 1.55 bits per heavy atom. The van der Waals surface area contributed by atoms with Crippen LogP contribution in [0.4, 0.5) is 5.69 Å². The number of Topliss-reactive ketones (excluding diaryl/α,β-unsaturated/α-hetero) is 1. The number of amides is 1. The van der Waals surface area contributed by atoms with Gasteiger partial charge in [0.15, 0.2) is 6.10 Å². The van der Waals surface area contributed by atoms with E-state index in [0.717, 1.165) is 0 Å². The van der Waals surface area contributed by atoms with E-state index in [4.69, 9.17) is 9.47 Å². The van der Waals surface area contributed by atoms with Gasteiger partial charge in [0.1, 0.15) is 11.5 Å². The molecule has 3 aromatic carbocycles. The third-order valence-electron chi connectivity index (χ3n) is 4.42. The topological polar surface area (TPSA) is 64.6 Å². The number of methoxy groups -OCH3 is 1. The van der Waals surface area contributed by atoms with Crippen molar-refractivity contribution in [3.63, 3.8) is 0 Å². The van der Waals surface area contributed by atoms with Crippen molar-refractivity contribution < 1.29 is 19.1 Å². The van der Waals surface area contributed by atoms with Crippen LogP contribution in [0.1, 0.15) is 34.1 Å². The lowest BCUT2D eigenvalue weighted by Gasteiger charge is -2.17. The third kappa shape index (κ3) is 5.23. The summed E-state index contributed by atoms with van der Waals surface area (Å²) in [4.78, 5) is 25.2. The molecule has 0 aromatic heterocycles. The van der Waals surface area contributed by atoms with E-state index in [-0.39, 0.29) is 11.7 Å². The van der Waals surface area contributed by atoms with Gasteiger partial charge in [-0.1, -0.05) is 49.4 Å². The van der Waals surface area contributed by atoms with Gasteiger partial charge >= 0.3 is 0 Å². The molecule has 1 N–H and O–H groups in total. The summed E-state index contributed by atoms with van der Waals surface area (Å²) in [6, 6.07) is 23.0. The fourth-order valence-electron chi connectivity index (χ4n) is 2.89. The molecule has 29 heavy (non-hydrogen) atoms. The van der Waals surface area contributed by atoms with Crippen molar-refractivity contribution in [2.45, 2.75) is 19.4 Å². The molecule has 0 fully saturated rings. The van der Waals surface area contributed by atoms with Gasteiger partial charge in [0.25, 0.3) is 5.91 Å². The molecular formula is C24H23NO4. The highest BCUT2D eigenvalue weighted by Crippen LogP contribution is 2.22. The van der Waals surface area contributed by atoms with Gasteiger partial charge < -0.3 is 14.8 Å². The number of nitrogens with one attached hydrogen (secondary N) is 1. The Morgan fingerprint density at radius 3 is 2.28 bits per heavy atom. The van der Waals surface area contributed by atoms with Crippen molar-refractivity contribution in [3.05, 3.63) is 90.0 Å². The number of benzene rings is 3. The standard InChI is InChI=1S/C24H23NO4/c1-3-22(23(26)17-9-5-4-6-10-17)29-21-14-8-12-19(16-21)25-24(27)18-11-7-13-20(15-18)28-2/h4-16,22H,3H2,1-2H3,(H,25,27)/t22-/m0/s1. The molecule has 0 saturated carbocycles. The van der Waals surface area contributed by atoms with Gasteiger partial charge in [-0.15, -0.1) is 0 Å². The molecular weight excluding hydrogens is 366 g/mol. The van der Waals surface area contributed by atoms with Gasteiger partial charge in [-0.3, -0.25) is 9.59 Å². The molecule has 0 aliphatic rings. The van der Waals surface area contributed by atoms with Gasteiger partial charge in [-0.05, 0) is 36.8 Å². The SMILES string of the molecule is CC[C@H](Oc1cccc(NC(=O)c2cccc(OC)c2)c1)C(=O)c1ccccc1. The van der Waals surface area contributed by atoms with Crippen LogP contribution in [0, 0.1) is 0 Å².